The summed E-state index contributed by atoms with van der Waals surface area (Å²) in [5.74, 6) is -0.561. The van der Waals surface area contributed by atoms with E-state index in [4.69, 9.17) is 11.6 Å². The lowest BCUT2D eigenvalue weighted by Crippen LogP contribution is -2.36. The van der Waals surface area contributed by atoms with Gasteiger partial charge >= 0.3 is 6.03 Å². The van der Waals surface area contributed by atoms with Gasteiger partial charge < -0.3 is 15.2 Å². The quantitative estimate of drug-likeness (QED) is 0.412. The van der Waals surface area contributed by atoms with Gasteiger partial charge in [-0.05, 0) is 42.1 Å². The molecule has 2 amide bonds. The van der Waals surface area contributed by atoms with Gasteiger partial charge in [-0.1, -0.05) is 29.8 Å². The number of aromatic nitrogens is 2. The Balaban J connectivity index is 1.71. The van der Waals surface area contributed by atoms with E-state index >= 15 is 0 Å². The fourth-order valence-corrected chi connectivity index (χ4v) is 4.16. The first kappa shape index (κ1) is 21.0. The number of benzene rings is 2. The van der Waals surface area contributed by atoms with Crippen molar-refractivity contribution in [1.29, 1.82) is 0 Å². The molecule has 0 aliphatic heterocycles. The molecule has 4 rings (SSSR count). The van der Waals surface area contributed by atoms with Crippen LogP contribution in [0, 0.1) is 5.82 Å². The predicted molar refractivity (Wildman–Crippen MR) is 121 cm³/mol. The molecular weight excluding hydrogens is 439 g/mol. The topological polar surface area (TPSA) is 78.1 Å². The number of nitrogens with one attached hydrogen (secondary N) is 2. The molecule has 158 valence electrons. The number of nitrogens with zero attached hydrogens (tertiary/aromatic N) is 2. The van der Waals surface area contributed by atoms with Gasteiger partial charge in [0.2, 0.25) is 0 Å². The summed E-state index contributed by atoms with van der Waals surface area (Å²) in [6.45, 7) is 2.19. The Morgan fingerprint density at radius 3 is 2.77 bits per heavy atom. The molecule has 2 N–H and O–H groups in total. The van der Waals surface area contributed by atoms with E-state index in [1.165, 1.54) is 29.5 Å². The van der Waals surface area contributed by atoms with Crippen LogP contribution in [-0.4, -0.2) is 20.9 Å². The molecule has 0 saturated heterocycles. The number of carbonyl (C=O) groups excluding carboxylic acids is 1. The molecule has 4 aromatic rings. The molecule has 0 unspecified atom stereocenters. The van der Waals surface area contributed by atoms with Gasteiger partial charge in [0.1, 0.15) is 5.82 Å². The number of carbonyl (C=O) groups is 1. The largest absolute Gasteiger partial charge is 0.328 e. The van der Waals surface area contributed by atoms with E-state index in [-0.39, 0.29) is 22.7 Å². The summed E-state index contributed by atoms with van der Waals surface area (Å²) in [6, 6.07) is 10.5. The van der Waals surface area contributed by atoms with E-state index in [1.807, 2.05) is 19.1 Å². The van der Waals surface area contributed by atoms with Crippen LogP contribution in [0.3, 0.4) is 0 Å². The van der Waals surface area contributed by atoms with Gasteiger partial charge in [0.25, 0.3) is 5.56 Å². The summed E-state index contributed by atoms with van der Waals surface area (Å²) >= 11 is 7.29. The minimum Gasteiger partial charge on any atom is -0.328 e. The average Bonchev–Trinajstić information content (AvgIpc) is 3.28. The van der Waals surface area contributed by atoms with E-state index in [9.17, 15) is 14.0 Å². The molecule has 6 nitrogen and oxygen atoms in total. The van der Waals surface area contributed by atoms with Crippen LogP contribution in [0.15, 0.2) is 65.2 Å². The molecule has 2 heterocycles. The van der Waals surface area contributed by atoms with Crippen molar-refractivity contribution >= 4 is 45.4 Å². The van der Waals surface area contributed by atoms with E-state index in [0.29, 0.717) is 17.6 Å². The summed E-state index contributed by atoms with van der Waals surface area (Å²) in [5.41, 5.74) is 2.69. The van der Waals surface area contributed by atoms with Crippen molar-refractivity contribution in [1.82, 2.24) is 14.9 Å². The monoisotopic (exact) mass is 456 g/mol. The fraction of sp³-hybridized carbons (Fsp3) is 0.136. The Hall–Kier alpha value is -3.23. The lowest BCUT2D eigenvalue weighted by atomic mass is 10.0. The van der Waals surface area contributed by atoms with Crippen LogP contribution in [0.5, 0.6) is 0 Å². The average molecular weight is 457 g/mol. The standard InChI is InChI=1S/C22H18ClFN4O2S/c1-13(18-10-26-21(29)17-5-3-2-4-16(17)18)28(11-15-9-25-12-31-15)22(30)27-14-6-7-20(24)19(23)8-14/h2-10,12-13H,11H2,1H3,(H,26,29)(H,27,30)/t13-/m0/s1. The number of rotatable bonds is 5. The number of amides is 2. The van der Waals surface area contributed by atoms with Crippen LogP contribution in [0.2, 0.25) is 5.02 Å². The highest BCUT2D eigenvalue weighted by Gasteiger charge is 2.25. The number of anilines is 1. The van der Waals surface area contributed by atoms with Gasteiger partial charge in [-0.25, -0.2) is 9.18 Å². The molecule has 31 heavy (non-hydrogen) atoms. The summed E-state index contributed by atoms with van der Waals surface area (Å²) in [6.07, 6.45) is 3.34. The number of urea groups is 1. The molecule has 2 aromatic heterocycles. The molecule has 2 aromatic carbocycles. The summed E-state index contributed by atoms with van der Waals surface area (Å²) in [7, 11) is 0. The van der Waals surface area contributed by atoms with Gasteiger partial charge in [-0.3, -0.25) is 9.78 Å². The second kappa shape index (κ2) is 8.87. The zero-order valence-corrected chi connectivity index (χ0v) is 18.0. The number of H-pyrrole nitrogens is 1. The minimum absolute atomic E-state index is 0.0773. The Morgan fingerprint density at radius 1 is 1.29 bits per heavy atom. The van der Waals surface area contributed by atoms with Crippen molar-refractivity contribution in [3.8, 4) is 0 Å². The van der Waals surface area contributed by atoms with E-state index in [2.05, 4.69) is 15.3 Å². The second-order valence-corrected chi connectivity index (χ2v) is 8.33. The lowest BCUT2D eigenvalue weighted by molar-refractivity contribution is 0.190. The molecule has 1 atom stereocenters. The van der Waals surface area contributed by atoms with Crippen LogP contribution < -0.4 is 10.9 Å². The Kier molecular flexibility index (Phi) is 6.01. The third-order valence-corrected chi connectivity index (χ3v) is 6.05. The molecule has 0 fully saturated rings. The minimum atomic E-state index is -0.561. The highest BCUT2D eigenvalue weighted by molar-refractivity contribution is 7.09. The van der Waals surface area contributed by atoms with E-state index in [1.54, 1.807) is 34.9 Å². The maximum Gasteiger partial charge on any atom is 0.322 e. The second-order valence-electron chi connectivity index (χ2n) is 6.95. The molecule has 0 aliphatic carbocycles. The predicted octanol–water partition coefficient (Wildman–Crippen LogP) is 5.57. The Labute approximate surface area is 186 Å². The van der Waals surface area contributed by atoms with Crippen LogP contribution >= 0.6 is 22.9 Å². The first-order valence-corrected chi connectivity index (χ1v) is 10.7. The molecule has 0 aliphatic rings. The summed E-state index contributed by atoms with van der Waals surface area (Å²) in [4.78, 5) is 34.8. The summed E-state index contributed by atoms with van der Waals surface area (Å²) in [5, 5.41) is 4.02. The molecule has 9 heteroatoms. The molecule has 0 saturated carbocycles. The Morgan fingerprint density at radius 2 is 2.06 bits per heavy atom. The van der Waals surface area contributed by atoms with E-state index < -0.39 is 5.82 Å². The Bertz CT molecular complexity index is 1290. The molecule has 0 bridgehead atoms. The van der Waals surface area contributed by atoms with Crippen molar-refractivity contribution in [3.63, 3.8) is 0 Å². The number of pyridine rings is 1. The highest BCUT2D eigenvalue weighted by Crippen LogP contribution is 2.29. The number of hydrogen-bond acceptors (Lipinski definition) is 4. The van der Waals surface area contributed by atoms with Gasteiger partial charge in [0.05, 0.1) is 23.1 Å². The van der Waals surface area contributed by atoms with Crippen molar-refractivity contribution in [2.24, 2.45) is 0 Å². The highest BCUT2D eigenvalue weighted by atomic mass is 35.5. The van der Waals surface area contributed by atoms with Gasteiger partial charge in [0, 0.05) is 28.3 Å². The van der Waals surface area contributed by atoms with Gasteiger partial charge in [0.15, 0.2) is 0 Å². The van der Waals surface area contributed by atoms with Crippen molar-refractivity contribution in [2.75, 3.05) is 5.32 Å². The third kappa shape index (κ3) is 4.45. The van der Waals surface area contributed by atoms with Crippen LogP contribution in [0.4, 0.5) is 14.9 Å². The van der Waals surface area contributed by atoms with Gasteiger partial charge in [-0.2, -0.15) is 0 Å². The molecular formula is C22H18ClFN4O2S. The number of aromatic amines is 1. The normalized spacial score (nSPS) is 12.0. The van der Waals surface area contributed by atoms with Crippen molar-refractivity contribution < 1.29 is 9.18 Å². The maximum atomic E-state index is 13.5. The fourth-order valence-electron chi connectivity index (χ4n) is 3.39. The smallest absolute Gasteiger partial charge is 0.322 e. The zero-order chi connectivity index (χ0) is 22.0. The number of fused-ring (bicyclic) bond motifs is 1. The maximum absolute atomic E-state index is 13.5. The first-order chi connectivity index (χ1) is 14.9. The van der Waals surface area contributed by atoms with E-state index in [0.717, 1.165) is 15.8 Å². The van der Waals surface area contributed by atoms with Gasteiger partial charge in [-0.15, -0.1) is 11.3 Å². The zero-order valence-electron chi connectivity index (χ0n) is 16.4. The molecule has 0 radical (unpaired) electrons. The number of thiazole rings is 1. The van der Waals surface area contributed by atoms with Crippen LogP contribution in [0.25, 0.3) is 10.8 Å². The SMILES string of the molecule is C[C@@H](c1c[nH]c(=O)c2ccccc12)N(Cc1cncs1)C(=O)Nc1ccc(F)c(Cl)c1. The van der Waals surface area contributed by atoms with Crippen LogP contribution in [0.1, 0.15) is 23.4 Å². The van der Waals surface area contributed by atoms with Crippen molar-refractivity contribution in [2.45, 2.75) is 19.5 Å². The molecule has 0 spiro atoms. The van der Waals surface area contributed by atoms with Crippen molar-refractivity contribution in [3.05, 3.63) is 92.0 Å². The first-order valence-electron chi connectivity index (χ1n) is 9.44. The lowest BCUT2D eigenvalue weighted by Gasteiger charge is -2.30. The van der Waals surface area contributed by atoms with Crippen LogP contribution in [-0.2, 0) is 6.54 Å². The number of hydrogen-bond donors (Lipinski definition) is 2. The number of halogens is 2. The summed E-state index contributed by atoms with van der Waals surface area (Å²) < 4.78 is 13.5. The third-order valence-electron chi connectivity index (χ3n) is 5.00.